The van der Waals surface area contributed by atoms with E-state index in [-0.39, 0.29) is 11.4 Å². The molecule has 1 saturated heterocycles. The Balaban J connectivity index is 1.51. The average Bonchev–Trinajstić information content (AvgIpc) is 3.11. The van der Waals surface area contributed by atoms with Crippen LogP contribution >= 0.6 is 23.4 Å². The normalized spacial score (nSPS) is 18.9. The monoisotopic (exact) mass is 376 g/mol. The van der Waals surface area contributed by atoms with Crippen molar-refractivity contribution in [3.05, 3.63) is 53.1 Å². The third kappa shape index (κ3) is 3.37. The summed E-state index contributed by atoms with van der Waals surface area (Å²) in [5, 5.41) is 3.55. The molecule has 0 saturated carbocycles. The van der Waals surface area contributed by atoms with E-state index in [1.165, 1.54) is 0 Å². The third-order valence-electron chi connectivity index (χ3n) is 4.12. The van der Waals surface area contributed by atoms with Crippen molar-refractivity contribution < 1.29 is 14.3 Å². The minimum Gasteiger partial charge on any atom is -0.486 e. The van der Waals surface area contributed by atoms with E-state index in [9.17, 15) is 4.79 Å². The number of urea groups is 1. The Hall–Kier alpha value is -2.05. The first-order valence-electron chi connectivity index (χ1n) is 8.06. The first-order chi connectivity index (χ1) is 12.2. The van der Waals surface area contributed by atoms with E-state index in [0.717, 1.165) is 11.3 Å². The predicted molar refractivity (Wildman–Crippen MR) is 99.8 cm³/mol. The van der Waals surface area contributed by atoms with Crippen molar-refractivity contribution in [3.63, 3.8) is 0 Å². The van der Waals surface area contributed by atoms with Crippen LogP contribution in [-0.4, -0.2) is 36.4 Å². The summed E-state index contributed by atoms with van der Waals surface area (Å²) in [6, 6.07) is 12.9. The second-order valence-corrected chi connectivity index (χ2v) is 7.32. The topological polar surface area (TPSA) is 50.8 Å². The maximum absolute atomic E-state index is 12.8. The smallest absolute Gasteiger partial charge is 0.323 e. The summed E-state index contributed by atoms with van der Waals surface area (Å²) >= 11 is 8.03. The van der Waals surface area contributed by atoms with Crippen LogP contribution in [0, 0.1) is 0 Å². The molecule has 5 nitrogen and oxygen atoms in total. The van der Waals surface area contributed by atoms with Crippen LogP contribution in [0.2, 0.25) is 5.02 Å². The maximum Gasteiger partial charge on any atom is 0.323 e. The van der Waals surface area contributed by atoms with Gasteiger partial charge in [-0.2, -0.15) is 0 Å². The molecule has 4 rings (SSSR count). The van der Waals surface area contributed by atoms with Gasteiger partial charge in [-0.3, -0.25) is 0 Å². The summed E-state index contributed by atoms with van der Waals surface area (Å²) in [5.41, 5.74) is 1.65. The zero-order chi connectivity index (χ0) is 17.2. The van der Waals surface area contributed by atoms with Crippen LogP contribution < -0.4 is 14.8 Å². The summed E-state index contributed by atoms with van der Waals surface area (Å²) < 4.78 is 11.1. The molecule has 25 heavy (non-hydrogen) atoms. The number of hydrogen-bond acceptors (Lipinski definition) is 4. The van der Waals surface area contributed by atoms with Gasteiger partial charge < -0.3 is 19.7 Å². The van der Waals surface area contributed by atoms with Gasteiger partial charge in [0.15, 0.2) is 11.5 Å². The lowest BCUT2D eigenvalue weighted by molar-refractivity contribution is 0.171. The van der Waals surface area contributed by atoms with Crippen molar-refractivity contribution in [2.24, 2.45) is 0 Å². The van der Waals surface area contributed by atoms with Crippen molar-refractivity contribution in [1.29, 1.82) is 0 Å². The number of carbonyl (C=O) groups excluding carboxylic acids is 1. The number of nitrogens with zero attached hydrogens (tertiary/aromatic N) is 1. The third-order valence-corrected chi connectivity index (χ3v) is 5.70. The van der Waals surface area contributed by atoms with E-state index >= 15 is 0 Å². The van der Waals surface area contributed by atoms with Crippen molar-refractivity contribution >= 4 is 35.1 Å². The molecule has 1 unspecified atom stereocenters. The van der Waals surface area contributed by atoms with Crippen LogP contribution in [0.1, 0.15) is 10.9 Å². The van der Waals surface area contributed by atoms with Crippen LogP contribution in [0.5, 0.6) is 11.5 Å². The largest absolute Gasteiger partial charge is 0.486 e. The molecule has 0 aromatic heterocycles. The van der Waals surface area contributed by atoms with E-state index < -0.39 is 0 Å². The molecule has 0 radical (unpaired) electrons. The van der Waals surface area contributed by atoms with Gasteiger partial charge in [0.05, 0.1) is 0 Å². The quantitative estimate of drug-likeness (QED) is 0.844. The van der Waals surface area contributed by atoms with E-state index in [1.807, 2.05) is 41.3 Å². The second kappa shape index (κ2) is 7.06. The number of halogens is 1. The summed E-state index contributed by atoms with van der Waals surface area (Å²) in [6.45, 7) is 1.74. The second-order valence-electron chi connectivity index (χ2n) is 5.73. The Kier molecular flexibility index (Phi) is 4.63. The van der Waals surface area contributed by atoms with Crippen LogP contribution in [0.4, 0.5) is 10.5 Å². The van der Waals surface area contributed by atoms with E-state index in [0.29, 0.717) is 42.0 Å². The molecule has 2 heterocycles. The zero-order valence-electron chi connectivity index (χ0n) is 13.4. The van der Waals surface area contributed by atoms with Gasteiger partial charge in [0.25, 0.3) is 0 Å². The molecule has 2 aromatic rings. The van der Waals surface area contributed by atoms with Crippen molar-refractivity contribution in [2.45, 2.75) is 5.37 Å². The summed E-state index contributed by atoms with van der Waals surface area (Å²) in [5.74, 6) is 2.24. The van der Waals surface area contributed by atoms with Gasteiger partial charge in [-0.1, -0.05) is 29.8 Å². The first-order valence-corrected chi connectivity index (χ1v) is 9.48. The number of fused-ring (bicyclic) bond motifs is 1. The van der Waals surface area contributed by atoms with Crippen LogP contribution in [0.25, 0.3) is 0 Å². The number of benzene rings is 2. The van der Waals surface area contributed by atoms with Crippen LogP contribution in [0.15, 0.2) is 42.5 Å². The number of hydrogen-bond donors (Lipinski definition) is 1. The molecule has 0 bridgehead atoms. The molecular formula is C18H17ClN2O3S. The fourth-order valence-corrected chi connectivity index (χ4v) is 4.52. The number of carbonyl (C=O) groups is 1. The zero-order valence-corrected chi connectivity index (χ0v) is 15.0. The Morgan fingerprint density at radius 2 is 1.96 bits per heavy atom. The van der Waals surface area contributed by atoms with E-state index in [1.54, 1.807) is 17.8 Å². The number of rotatable bonds is 2. The number of ether oxygens (including phenoxy) is 2. The van der Waals surface area contributed by atoms with Crippen molar-refractivity contribution in [2.75, 3.05) is 30.8 Å². The summed E-state index contributed by atoms with van der Waals surface area (Å²) in [7, 11) is 0. The predicted octanol–water partition coefficient (Wildman–Crippen LogP) is 4.39. The van der Waals surface area contributed by atoms with Crippen LogP contribution in [-0.2, 0) is 0 Å². The van der Waals surface area contributed by atoms with Gasteiger partial charge in [0, 0.05) is 34.6 Å². The number of amides is 2. The molecule has 2 aromatic carbocycles. The standard InChI is InChI=1S/C18H17ClN2O3S/c19-14-4-2-1-3-13(14)17-21(7-10-25-17)18(22)20-12-5-6-15-16(11-12)24-9-8-23-15/h1-6,11,17H,7-10H2,(H,20,22). The first kappa shape index (κ1) is 16.4. The highest BCUT2D eigenvalue weighted by molar-refractivity contribution is 7.99. The number of anilines is 1. The SMILES string of the molecule is O=C(Nc1ccc2c(c1)OCCO2)N1CCSC1c1ccccc1Cl. The molecule has 1 fully saturated rings. The number of thioether (sulfide) groups is 1. The molecule has 0 spiro atoms. The van der Waals surface area contributed by atoms with Crippen molar-refractivity contribution in [3.8, 4) is 11.5 Å². The minimum absolute atomic E-state index is 0.0779. The highest BCUT2D eigenvalue weighted by Gasteiger charge is 2.32. The van der Waals surface area contributed by atoms with Gasteiger partial charge >= 0.3 is 6.03 Å². The van der Waals surface area contributed by atoms with E-state index in [2.05, 4.69) is 5.32 Å². The molecule has 7 heteroatoms. The molecule has 2 aliphatic rings. The van der Waals surface area contributed by atoms with Gasteiger partial charge in [-0.15, -0.1) is 11.8 Å². The average molecular weight is 377 g/mol. The molecule has 2 amide bonds. The molecule has 2 aliphatic heterocycles. The van der Waals surface area contributed by atoms with Gasteiger partial charge in [-0.05, 0) is 18.2 Å². The van der Waals surface area contributed by atoms with Crippen LogP contribution in [0.3, 0.4) is 0 Å². The van der Waals surface area contributed by atoms with Gasteiger partial charge in [-0.25, -0.2) is 4.79 Å². The fraction of sp³-hybridized carbons (Fsp3) is 0.278. The minimum atomic E-state index is -0.147. The Morgan fingerprint density at radius 3 is 2.80 bits per heavy atom. The van der Waals surface area contributed by atoms with Gasteiger partial charge in [0.1, 0.15) is 18.6 Å². The van der Waals surface area contributed by atoms with Gasteiger partial charge in [0.2, 0.25) is 0 Å². The summed E-state index contributed by atoms with van der Waals surface area (Å²) in [4.78, 5) is 14.6. The highest BCUT2D eigenvalue weighted by Crippen LogP contribution is 2.41. The molecule has 1 atom stereocenters. The maximum atomic E-state index is 12.8. The molecule has 130 valence electrons. The highest BCUT2D eigenvalue weighted by atomic mass is 35.5. The summed E-state index contributed by atoms with van der Waals surface area (Å²) in [6.07, 6.45) is 0. The lowest BCUT2D eigenvalue weighted by Gasteiger charge is -2.25. The molecule has 0 aliphatic carbocycles. The van der Waals surface area contributed by atoms with E-state index in [4.69, 9.17) is 21.1 Å². The molecular weight excluding hydrogens is 360 g/mol. The fourth-order valence-electron chi connectivity index (χ4n) is 2.93. The van der Waals surface area contributed by atoms with Crippen molar-refractivity contribution in [1.82, 2.24) is 4.90 Å². The lowest BCUT2D eigenvalue weighted by atomic mass is 10.2. The number of nitrogens with one attached hydrogen (secondary N) is 1. The Morgan fingerprint density at radius 1 is 1.16 bits per heavy atom. The molecule has 1 N–H and O–H groups in total. The Bertz CT molecular complexity index is 802. The lowest BCUT2D eigenvalue weighted by Crippen LogP contribution is -2.34. The Labute approximate surface area is 155 Å².